The monoisotopic (exact) mass is 292 g/mol. The van der Waals surface area contributed by atoms with Gasteiger partial charge in [-0.2, -0.15) is 0 Å². The van der Waals surface area contributed by atoms with E-state index in [4.69, 9.17) is 4.74 Å². The third-order valence-corrected chi connectivity index (χ3v) is 3.57. The highest BCUT2D eigenvalue weighted by Crippen LogP contribution is 2.18. The van der Waals surface area contributed by atoms with Gasteiger partial charge in [0.15, 0.2) is 0 Å². The van der Waals surface area contributed by atoms with Crippen molar-refractivity contribution in [2.75, 3.05) is 38.7 Å². The van der Waals surface area contributed by atoms with Crippen LogP contribution in [0.5, 0.6) is 0 Å². The molecule has 0 radical (unpaired) electrons. The molecule has 7 nitrogen and oxygen atoms in total. The van der Waals surface area contributed by atoms with Gasteiger partial charge < -0.3 is 14.5 Å². The number of hydrogen-bond donors (Lipinski definition) is 0. The van der Waals surface area contributed by atoms with Crippen molar-refractivity contribution < 1.29 is 14.3 Å². The lowest BCUT2D eigenvalue weighted by molar-refractivity contribution is -0.148. The number of rotatable bonds is 4. The Labute approximate surface area is 123 Å². The molecule has 1 unspecified atom stereocenters. The number of aromatic nitrogens is 2. The molecular weight excluding hydrogens is 272 g/mol. The molecule has 21 heavy (non-hydrogen) atoms. The van der Waals surface area contributed by atoms with Gasteiger partial charge >= 0.3 is 5.97 Å². The lowest BCUT2D eigenvalue weighted by Crippen LogP contribution is -2.46. The third-order valence-electron chi connectivity index (χ3n) is 3.57. The van der Waals surface area contributed by atoms with Gasteiger partial charge in [0.05, 0.1) is 19.6 Å². The van der Waals surface area contributed by atoms with E-state index in [0.717, 1.165) is 12.8 Å². The Morgan fingerprint density at radius 2 is 2.14 bits per heavy atom. The van der Waals surface area contributed by atoms with Gasteiger partial charge in [-0.3, -0.25) is 9.59 Å². The molecule has 0 saturated carbocycles. The zero-order chi connectivity index (χ0) is 15.2. The smallest absolute Gasteiger partial charge is 0.310 e. The molecule has 1 aliphatic rings. The Morgan fingerprint density at radius 3 is 2.81 bits per heavy atom. The number of carbonyl (C=O) groups excluding carboxylic acids is 2. The summed E-state index contributed by atoms with van der Waals surface area (Å²) in [5.74, 6) is 0.0177. The maximum Gasteiger partial charge on any atom is 0.310 e. The summed E-state index contributed by atoms with van der Waals surface area (Å²) in [4.78, 5) is 35.5. The predicted octanol–water partition coefficient (Wildman–Crippen LogP) is 0.324. The van der Waals surface area contributed by atoms with E-state index in [2.05, 4.69) is 9.97 Å². The minimum absolute atomic E-state index is 0.0291. The largest absolute Gasteiger partial charge is 0.469 e. The molecule has 1 atom stereocenters. The molecule has 1 aromatic rings. The number of piperidine rings is 1. The first-order valence-corrected chi connectivity index (χ1v) is 6.95. The SMILES string of the molecule is COC(=O)C1CCCN(C(=O)CN(C)c2ncccn2)C1. The Hall–Kier alpha value is -2.18. The van der Waals surface area contributed by atoms with Crippen LogP contribution in [-0.2, 0) is 14.3 Å². The molecule has 1 aliphatic heterocycles. The molecular formula is C14H20N4O3. The van der Waals surface area contributed by atoms with Crippen LogP contribution >= 0.6 is 0 Å². The van der Waals surface area contributed by atoms with Gasteiger partial charge in [-0.15, -0.1) is 0 Å². The number of ether oxygens (including phenoxy) is 1. The van der Waals surface area contributed by atoms with Crippen LogP contribution in [-0.4, -0.2) is 60.5 Å². The van der Waals surface area contributed by atoms with E-state index in [9.17, 15) is 9.59 Å². The average Bonchev–Trinajstić information content (AvgIpc) is 2.55. The van der Waals surface area contributed by atoms with Gasteiger partial charge in [0.25, 0.3) is 0 Å². The fourth-order valence-electron chi connectivity index (χ4n) is 2.42. The third kappa shape index (κ3) is 3.90. The van der Waals surface area contributed by atoms with Crippen molar-refractivity contribution >= 4 is 17.8 Å². The number of esters is 1. The Morgan fingerprint density at radius 1 is 1.43 bits per heavy atom. The van der Waals surface area contributed by atoms with Gasteiger partial charge in [-0.1, -0.05) is 0 Å². The van der Waals surface area contributed by atoms with E-state index in [1.165, 1.54) is 7.11 Å². The van der Waals surface area contributed by atoms with Gasteiger partial charge in [0.2, 0.25) is 11.9 Å². The van der Waals surface area contributed by atoms with Crippen LogP contribution in [0.3, 0.4) is 0 Å². The van der Waals surface area contributed by atoms with Crippen molar-refractivity contribution in [3.63, 3.8) is 0 Å². The summed E-state index contributed by atoms with van der Waals surface area (Å²) in [5.41, 5.74) is 0. The second kappa shape index (κ2) is 7.01. The second-order valence-electron chi connectivity index (χ2n) is 5.11. The zero-order valence-electron chi connectivity index (χ0n) is 12.4. The van der Waals surface area contributed by atoms with Crippen LogP contribution in [0, 0.1) is 5.92 Å². The minimum Gasteiger partial charge on any atom is -0.469 e. The van der Waals surface area contributed by atoms with E-state index >= 15 is 0 Å². The van der Waals surface area contributed by atoms with Gasteiger partial charge in [-0.25, -0.2) is 9.97 Å². The summed E-state index contributed by atoms with van der Waals surface area (Å²) in [5, 5.41) is 0. The number of hydrogen-bond acceptors (Lipinski definition) is 6. The topological polar surface area (TPSA) is 75.6 Å². The molecule has 0 aliphatic carbocycles. The quantitative estimate of drug-likeness (QED) is 0.744. The second-order valence-corrected chi connectivity index (χ2v) is 5.11. The molecule has 2 rings (SSSR count). The number of nitrogens with zero attached hydrogens (tertiary/aromatic N) is 4. The normalized spacial score (nSPS) is 18.2. The van der Waals surface area contributed by atoms with Crippen LogP contribution in [0.2, 0.25) is 0 Å². The van der Waals surface area contributed by atoms with Crippen molar-refractivity contribution in [2.45, 2.75) is 12.8 Å². The van der Waals surface area contributed by atoms with E-state index in [0.29, 0.717) is 19.0 Å². The molecule has 1 aromatic heterocycles. The summed E-state index contributed by atoms with van der Waals surface area (Å²) in [6.07, 6.45) is 4.86. The van der Waals surface area contributed by atoms with E-state index in [1.807, 2.05) is 0 Å². The minimum atomic E-state index is -0.243. The molecule has 0 aromatic carbocycles. The van der Waals surface area contributed by atoms with Crippen molar-refractivity contribution in [1.82, 2.24) is 14.9 Å². The molecule has 1 fully saturated rings. The number of carbonyl (C=O) groups is 2. The van der Waals surface area contributed by atoms with Crippen molar-refractivity contribution in [3.05, 3.63) is 18.5 Å². The number of amides is 1. The molecule has 114 valence electrons. The molecule has 0 N–H and O–H groups in total. The lowest BCUT2D eigenvalue weighted by Gasteiger charge is -2.32. The van der Waals surface area contributed by atoms with Crippen molar-refractivity contribution in [2.24, 2.45) is 5.92 Å². The van der Waals surface area contributed by atoms with Gasteiger partial charge in [0, 0.05) is 32.5 Å². The summed E-state index contributed by atoms with van der Waals surface area (Å²) < 4.78 is 4.76. The highest BCUT2D eigenvalue weighted by atomic mass is 16.5. The predicted molar refractivity (Wildman–Crippen MR) is 76.6 cm³/mol. The first kappa shape index (κ1) is 15.2. The maximum absolute atomic E-state index is 12.3. The standard InChI is InChI=1S/C14H20N4O3/c1-17(14-15-6-4-7-16-14)10-12(19)18-8-3-5-11(9-18)13(20)21-2/h4,6-7,11H,3,5,8-10H2,1-2H3. The summed E-state index contributed by atoms with van der Waals surface area (Å²) in [6, 6.07) is 1.73. The molecule has 0 spiro atoms. The maximum atomic E-state index is 12.3. The Bertz CT molecular complexity index is 494. The molecule has 2 heterocycles. The van der Waals surface area contributed by atoms with Crippen LogP contribution < -0.4 is 4.90 Å². The highest BCUT2D eigenvalue weighted by Gasteiger charge is 2.29. The van der Waals surface area contributed by atoms with Crippen LogP contribution in [0.4, 0.5) is 5.95 Å². The van der Waals surface area contributed by atoms with Crippen molar-refractivity contribution in [3.8, 4) is 0 Å². The molecule has 1 amide bonds. The number of methoxy groups -OCH3 is 1. The first-order chi connectivity index (χ1) is 10.1. The van der Waals surface area contributed by atoms with E-state index < -0.39 is 0 Å². The van der Waals surface area contributed by atoms with Gasteiger partial charge in [0.1, 0.15) is 0 Å². The first-order valence-electron chi connectivity index (χ1n) is 6.95. The summed E-state index contributed by atoms with van der Waals surface area (Å²) in [7, 11) is 3.15. The Balaban J connectivity index is 1.92. The van der Waals surface area contributed by atoms with Crippen LogP contribution in [0.15, 0.2) is 18.5 Å². The highest BCUT2D eigenvalue weighted by molar-refractivity contribution is 5.82. The number of likely N-dealkylation sites (tertiary alicyclic amines) is 1. The fraction of sp³-hybridized carbons (Fsp3) is 0.571. The van der Waals surface area contributed by atoms with Gasteiger partial charge in [-0.05, 0) is 18.9 Å². The average molecular weight is 292 g/mol. The number of anilines is 1. The summed E-state index contributed by atoms with van der Waals surface area (Å²) in [6.45, 7) is 1.29. The zero-order valence-corrected chi connectivity index (χ0v) is 12.4. The van der Waals surface area contributed by atoms with E-state index in [1.54, 1.807) is 35.3 Å². The summed E-state index contributed by atoms with van der Waals surface area (Å²) >= 11 is 0. The van der Waals surface area contributed by atoms with E-state index in [-0.39, 0.29) is 24.3 Å². The lowest BCUT2D eigenvalue weighted by atomic mass is 9.98. The van der Waals surface area contributed by atoms with Crippen molar-refractivity contribution in [1.29, 1.82) is 0 Å². The Kier molecular flexibility index (Phi) is 5.08. The van der Waals surface area contributed by atoms with Crippen LogP contribution in [0.25, 0.3) is 0 Å². The number of likely N-dealkylation sites (N-methyl/N-ethyl adjacent to an activating group) is 1. The molecule has 0 bridgehead atoms. The van der Waals surface area contributed by atoms with Crippen LogP contribution in [0.1, 0.15) is 12.8 Å². The molecule has 1 saturated heterocycles. The molecule has 7 heteroatoms. The fourth-order valence-corrected chi connectivity index (χ4v) is 2.42.